The molecule has 2 aromatic carbocycles. The molecule has 3 rings (SSSR count). The lowest BCUT2D eigenvalue weighted by Crippen LogP contribution is -2.26. The molecule has 0 spiro atoms. The molecule has 0 aliphatic rings. The predicted octanol–water partition coefficient (Wildman–Crippen LogP) is 4.24. The molecule has 0 fully saturated rings. The Morgan fingerprint density at radius 1 is 1.25 bits per heavy atom. The van der Waals surface area contributed by atoms with Gasteiger partial charge in [-0.05, 0) is 36.8 Å². The highest BCUT2D eigenvalue weighted by molar-refractivity contribution is 9.10. The highest BCUT2D eigenvalue weighted by atomic mass is 79.9. The zero-order valence-electron chi connectivity index (χ0n) is 12.8. The summed E-state index contributed by atoms with van der Waals surface area (Å²) in [6.07, 6.45) is 4.76. The lowest BCUT2D eigenvalue weighted by atomic mass is 10.2. The Labute approximate surface area is 152 Å². The monoisotopic (exact) mass is 404 g/mol. The number of phenols is 1. The second-order valence-electron chi connectivity index (χ2n) is 5.08. The third-order valence-electron chi connectivity index (χ3n) is 3.31. The van der Waals surface area contributed by atoms with Crippen LogP contribution in [0.25, 0.3) is 17.1 Å². The van der Waals surface area contributed by atoms with Crippen LogP contribution in [0.15, 0.2) is 58.2 Å². The summed E-state index contributed by atoms with van der Waals surface area (Å²) in [5.74, 6) is 0.279. The van der Waals surface area contributed by atoms with Crippen LogP contribution in [0.5, 0.6) is 5.75 Å². The van der Waals surface area contributed by atoms with Gasteiger partial charge >= 0.3 is 0 Å². The Kier molecular flexibility index (Phi) is 5.92. The van der Waals surface area contributed by atoms with Crippen LogP contribution in [0.3, 0.4) is 0 Å². The predicted molar refractivity (Wildman–Crippen MR) is 103 cm³/mol. The van der Waals surface area contributed by atoms with Crippen molar-refractivity contribution in [2.24, 2.45) is 0 Å². The molecule has 24 heavy (non-hydrogen) atoms. The average molecular weight is 405 g/mol. The number of halogens is 1. The van der Waals surface area contributed by atoms with Crippen LogP contribution in [0, 0.1) is 0 Å². The molecule has 0 bridgehead atoms. The van der Waals surface area contributed by atoms with Crippen molar-refractivity contribution >= 4 is 45.0 Å². The Balaban J connectivity index is 1.39. The number of hydrogen-bond acceptors (Lipinski definition) is 5. The van der Waals surface area contributed by atoms with Gasteiger partial charge in [-0.25, -0.2) is 10.4 Å². The van der Waals surface area contributed by atoms with Crippen molar-refractivity contribution in [3.8, 4) is 5.75 Å². The van der Waals surface area contributed by atoms with Crippen molar-refractivity contribution in [1.29, 1.82) is 0 Å². The van der Waals surface area contributed by atoms with E-state index in [9.17, 15) is 5.11 Å². The van der Waals surface area contributed by atoms with E-state index in [0.29, 0.717) is 0 Å². The molecule has 3 aromatic rings. The standard InChI is InChI=1S/C17H17BrN4OS/c18-13-8-9-16(23)12(11-13)5-3-4-10-19-22-24-17-20-14-6-1-2-7-15(14)21-17/h1-3,5-9,11,19,22-23H,4,10H2,(H,20,21)/b5-3+. The normalized spacial score (nSPS) is 11.5. The second-order valence-corrected chi connectivity index (χ2v) is 6.79. The quantitative estimate of drug-likeness (QED) is 0.269. The zero-order valence-corrected chi connectivity index (χ0v) is 15.2. The van der Waals surface area contributed by atoms with Crippen LogP contribution < -0.4 is 10.3 Å². The fraction of sp³-hybridized carbons (Fsp3) is 0.118. The number of imidazole rings is 1. The first-order chi connectivity index (χ1) is 11.7. The molecule has 0 amide bonds. The number of aromatic nitrogens is 2. The molecule has 1 heterocycles. The van der Waals surface area contributed by atoms with E-state index in [-0.39, 0.29) is 5.75 Å². The SMILES string of the molecule is Oc1ccc(Br)cc1/C=C/CCNNSc1nc2ccccc2[nH]1. The maximum Gasteiger partial charge on any atom is 0.182 e. The number of fused-ring (bicyclic) bond motifs is 1. The number of para-hydroxylation sites is 2. The number of hydrogen-bond donors (Lipinski definition) is 4. The van der Waals surface area contributed by atoms with Gasteiger partial charge in [0.1, 0.15) is 5.75 Å². The molecule has 4 N–H and O–H groups in total. The molecule has 0 saturated carbocycles. The van der Waals surface area contributed by atoms with Crippen LogP contribution in [0.2, 0.25) is 0 Å². The Morgan fingerprint density at radius 2 is 2.12 bits per heavy atom. The number of nitrogens with zero attached hydrogens (tertiary/aromatic N) is 1. The number of H-pyrrole nitrogens is 1. The first kappa shape index (κ1) is 17.0. The number of hydrazine groups is 1. The van der Waals surface area contributed by atoms with E-state index < -0.39 is 0 Å². The molecule has 5 nitrogen and oxygen atoms in total. The number of rotatable bonds is 7. The Morgan fingerprint density at radius 3 is 3.00 bits per heavy atom. The molecule has 0 unspecified atom stereocenters. The second kappa shape index (κ2) is 8.34. The van der Waals surface area contributed by atoms with Crippen molar-refractivity contribution in [2.45, 2.75) is 11.6 Å². The zero-order chi connectivity index (χ0) is 16.8. The molecular weight excluding hydrogens is 388 g/mol. The molecule has 0 saturated heterocycles. The van der Waals surface area contributed by atoms with E-state index in [0.717, 1.165) is 39.2 Å². The molecule has 0 aliphatic carbocycles. The van der Waals surface area contributed by atoms with E-state index in [1.54, 1.807) is 6.07 Å². The molecule has 0 aliphatic heterocycles. The summed E-state index contributed by atoms with van der Waals surface area (Å²) < 4.78 is 0.946. The third kappa shape index (κ3) is 4.61. The van der Waals surface area contributed by atoms with E-state index in [2.05, 4.69) is 36.2 Å². The molecule has 0 radical (unpaired) electrons. The van der Waals surface area contributed by atoms with Crippen LogP contribution in [0.1, 0.15) is 12.0 Å². The summed E-state index contributed by atoms with van der Waals surface area (Å²) in [6.45, 7) is 0.762. The number of benzene rings is 2. The van der Waals surface area contributed by atoms with Crippen molar-refractivity contribution in [3.63, 3.8) is 0 Å². The van der Waals surface area contributed by atoms with E-state index in [1.165, 1.54) is 11.9 Å². The van der Waals surface area contributed by atoms with Gasteiger partial charge in [0.25, 0.3) is 0 Å². The van der Waals surface area contributed by atoms with Gasteiger partial charge in [-0.2, -0.15) is 4.83 Å². The van der Waals surface area contributed by atoms with Gasteiger partial charge in [-0.15, -0.1) is 0 Å². The Hall–Kier alpha value is -1.80. The van der Waals surface area contributed by atoms with Crippen LogP contribution in [-0.2, 0) is 0 Å². The summed E-state index contributed by atoms with van der Waals surface area (Å²) in [4.78, 5) is 10.8. The van der Waals surface area contributed by atoms with Crippen molar-refractivity contribution in [3.05, 3.63) is 58.6 Å². The van der Waals surface area contributed by atoms with Crippen LogP contribution in [-0.4, -0.2) is 21.6 Å². The number of nitrogens with one attached hydrogen (secondary N) is 3. The Bertz CT molecular complexity index is 816. The third-order valence-corrected chi connectivity index (χ3v) is 4.44. The number of phenolic OH excluding ortho intramolecular Hbond substituents is 1. The maximum absolute atomic E-state index is 9.75. The van der Waals surface area contributed by atoms with Crippen LogP contribution >= 0.6 is 27.9 Å². The molecule has 7 heteroatoms. The summed E-state index contributed by atoms with van der Waals surface area (Å²) in [5, 5.41) is 10.6. The van der Waals surface area contributed by atoms with E-state index in [4.69, 9.17) is 0 Å². The fourth-order valence-corrected chi connectivity index (χ4v) is 3.09. The summed E-state index contributed by atoms with van der Waals surface area (Å²) in [7, 11) is 0. The highest BCUT2D eigenvalue weighted by Gasteiger charge is 2.01. The summed E-state index contributed by atoms with van der Waals surface area (Å²) in [6, 6.07) is 13.3. The fourth-order valence-electron chi connectivity index (χ4n) is 2.14. The molecule has 0 atom stereocenters. The maximum atomic E-state index is 9.75. The topological polar surface area (TPSA) is 73.0 Å². The van der Waals surface area contributed by atoms with E-state index >= 15 is 0 Å². The smallest absolute Gasteiger partial charge is 0.182 e. The van der Waals surface area contributed by atoms with Gasteiger partial charge in [-0.3, -0.25) is 0 Å². The number of aromatic amines is 1. The minimum atomic E-state index is 0.279. The van der Waals surface area contributed by atoms with Crippen molar-refractivity contribution in [1.82, 2.24) is 20.2 Å². The number of aromatic hydroxyl groups is 1. The largest absolute Gasteiger partial charge is 0.507 e. The van der Waals surface area contributed by atoms with Crippen LogP contribution in [0.4, 0.5) is 0 Å². The van der Waals surface area contributed by atoms with Gasteiger partial charge in [0.2, 0.25) is 0 Å². The highest BCUT2D eigenvalue weighted by Crippen LogP contribution is 2.23. The van der Waals surface area contributed by atoms with E-state index in [1.807, 2.05) is 48.6 Å². The summed E-state index contributed by atoms with van der Waals surface area (Å²) >= 11 is 4.80. The lowest BCUT2D eigenvalue weighted by Gasteiger charge is -2.02. The molecule has 124 valence electrons. The minimum Gasteiger partial charge on any atom is -0.507 e. The first-order valence-corrected chi connectivity index (χ1v) is 9.08. The van der Waals surface area contributed by atoms with Gasteiger partial charge in [0, 0.05) is 28.5 Å². The van der Waals surface area contributed by atoms with Gasteiger partial charge in [0.15, 0.2) is 5.16 Å². The molecule has 1 aromatic heterocycles. The van der Waals surface area contributed by atoms with Gasteiger partial charge in [-0.1, -0.05) is 40.2 Å². The summed E-state index contributed by atoms with van der Waals surface area (Å²) in [5.41, 5.74) is 5.90. The minimum absolute atomic E-state index is 0.279. The average Bonchev–Trinajstić information content (AvgIpc) is 2.99. The van der Waals surface area contributed by atoms with Gasteiger partial charge in [0.05, 0.1) is 11.0 Å². The first-order valence-electron chi connectivity index (χ1n) is 7.47. The lowest BCUT2D eigenvalue weighted by molar-refractivity contribution is 0.474. The van der Waals surface area contributed by atoms with Gasteiger partial charge < -0.3 is 10.1 Å². The molecular formula is C17H17BrN4OS. The van der Waals surface area contributed by atoms with Crippen molar-refractivity contribution < 1.29 is 5.11 Å². The van der Waals surface area contributed by atoms with Crippen molar-refractivity contribution in [2.75, 3.05) is 6.54 Å².